The number of ether oxygens (including phenoxy) is 1. The first-order valence-electron chi connectivity index (χ1n) is 5.54. The van der Waals surface area contributed by atoms with Gasteiger partial charge in [0.2, 0.25) is 0 Å². The van der Waals surface area contributed by atoms with Crippen LogP contribution in [0.1, 0.15) is 17.3 Å². The molecule has 0 spiro atoms. The quantitative estimate of drug-likeness (QED) is 0.878. The van der Waals surface area contributed by atoms with E-state index in [9.17, 15) is 4.39 Å². The van der Waals surface area contributed by atoms with Crippen LogP contribution in [0, 0.1) is 12.7 Å². The fourth-order valence-electron chi connectivity index (χ4n) is 1.51. The van der Waals surface area contributed by atoms with Crippen LogP contribution in [0.15, 0.2) is 22.7 Å². The molecule has 0 aliphatic heterocycles. The monoisotopic (exact) mass is 251 g/mol. The van der Waals surface area contributed by atoms with Crippen molar-refractivity contribution in [2.45, 2.75) is 20.1 Å². The zero-order chi connectivity index (χ0) is 13.0. The second-order valence-corrected chi connectivity index (χ2v) is 3.82. The molecule has 2 aromatic rings. The lowest BCUT2D eigenvalue weighted by Crippen LogP contribution is -2.05. The Morgan fingerprint density at radius 1 is 1.44 bits per heavy atom. The first-order valence-corrected chi connectivity index (χ1v) is 5.54. The van der Waals surface area contributed by atoms with Gasteiger partial charge in [-0.3, -0.25) is 0 Å². The summed E-state index contributed by atoms with van der Waals surface area (Å²) in [4.78, 5) is 3.97. The zero-order valence-corrected chi connectivity index (χ0v) is 10.2. The molecule has 0 aliphatic rings. The number of hydrogen-bond acceptors (Lipinski definition) is 5. The Labute approximate surface area is 104 Å². The second-order valence-electron chi connectivity index (χ2n) is 3.82. The fourth-order valence-corrected chi connectivity index (χ4v) is 1.51. The zero-order valence-electron chi connectivity index (χ0n) is 10.2. The van der Waals surface area contributed by atoms with Crippen LogP contribution in [0.25, 0.3) is 0 Å². The lowest BCUT2D eigenvalue weighted by atomic mass is 10.2. The van der Waals surface area contributed by atoms with Crippen molar-refractivity contribution in [3.8, 4) is 5.75 Å². The van der Waals surface area contributed by atoms with E-state index in [1.54, 1.807) is 26.1 Å². The van der Waals surface area contributed by atoms with Gasteiger partial charge in [0.15, 0.2) is 24.0 Å². The summed E-state index contributed by atoms with van der Waals surface area (Å²) in [6.45, 7) is 2.38. The summed E-state index contributed by atoms with van der Waals surface area (Å²) in [5.74, 6) is 0.620. The molecule has 0 bridgehead atoms. The van der Waals surface area contributed by atoms with E-state index < -0.39 is 5.82 Å². The second kappa shape index (κ2) is 5.59. The van der Waals surface area contributed by atoms with Crippen LogP contribution in [-0.2, 0) is 13.2 Å². The van der Waals surface area contributed by atoms with Gasteiger partial charge in [-0.1, -0.05) is 11.2 Å². The molecule has 0 radical (unpaired) electrons. The Morgan fingerprint density at radius 3 is 2.89 bits per heavy atom. The maximum absolute atomic E-state index is 13.7. The topological polar surface area (TPSA) is 60.2 Å². The molecule has 1 aromatic heterocycles. The van der Waals surface area contributed by atoms with Crippen molar-refractivity contribution in [2.24, 2.45) is 0 Å². The molecule has 6 heteroatoms. The summed E-state index contributed by atoms with van der Waals surface area (Å²) in [5, 5.41) is 6.57. The van der Waals surface area contributed by atoms with E-state index in [0.29, 0.717) is 18.3 Å². The van der Waals surface area contributed by atoms with E-state index in [1.807, 2.05) is 0 Å². The molecule has 5 nitrogen and oxygen atoms in total. The van der Waals surface area contributed by atoms with Crippen molar-refractivity contribution in [2.75, 3.05) is 7.05 Å². The Morgan fingerprint density at radius 2 is 2.28 bits per heavy atom. The molecule has 0 atom stereocenters. The van der Waals surface area contributed by atoms with E-state index in [4.69, 9.17) is 9.26 Å². The molecule has 1 aromatic carbocycles. The molecule has 0 aliphatic carbocycles. The van der Waals surface area contributed by atoms with Crippen molar-refractivity contribution in [3.63, 3.8) is 0 Å². The maximum Gasteiger partial charge on any atom is 0.264 e. The largest absolute Gasteiger partial charge is 0.481 e. The number of aromatic nitrogens is 2. The Bertz CT molecular complexity index is 528. The molecule has 96 valence electrons. The van der Waals surface area contributed by atoms with Gasteiger partial charge >= 0.3 is 0 Å². The maximum atomic E-state index is 13.7. The van der Waals surface area contributed by atoms with Crippen molar-refractivity contribution in [1.29, 1.82) is 0 Å². The highest BCUT2D eigenvalue weighted by molar-refractivity contribution is 5.29. The first-order chi connectivity index (χ1) is 8.69. The minimum absolute atomic E-state index is 0.0587. The van der Waals surface area contributed by atoms with Crippen LogP contribution >= 0.6 is 0 Å². The van der Waals surface area contributed by atoms with E-state index in [2.05, 4.69) is 15.5 Å². The molecule has 0 amide bonds. The number of rotatable bonds is 5. The van der Waals surface area contributed by atoms with Gasteiger partial charge in [-0.05, 0) is 31.7 Å². The van der Waals surface area contributed by atoms with Crippen LogP contribution in [0.5, 0.6) is 5.75 Å². The van der Waals surface area contributed by atoms with E-state index in [1.165, 1.54) is 6.07 Å². The summed E-state index contributed by atoms with van der Waals surface area (Å²) in [7, 11) is 1.81. The summed E-state index contributed by atoms with van der Waals surface area (Å²) in [5.41, 5.74) is 0.857. The lowest BCUT2D eigenvalue weighted by Gasteiger charge is -2.06. The molecule has 2 rings (SSSR count). The van der Waals surface area contributed by atoms with Crippen molar-refractivity contribution >= 4 is 0 Å². The average Bonchev–Trinajstić information content (AvgIpc) is 2.74. The predicted molar refractivity (Wildman–Crippen MR) is 62.5 cm³/mol. The molecule has 18 heavy (non-hydrogen) atoms. The molecule has 1 heterocycles. The van der Waals surface area contributed by atoms with Gasteiger partial charge in [0.25, 0.3) is 5.89 Å². The van der Waals surface area contributed by atoms with Crippen molar-refractivity contribution in [3.05, 3.63) is 41.3 Å². The summed E-state index contributed by atoms with van der Waals surface area (Å²) >= 11 is 0. The third kappa shape index (κ3) is 3.04. The van der Waals surface area contributed by atoms with Crippen molar-refractivity contribution in [1.82, 2.24) is 15.5 Å². The number of benzene rings is 1. The molecule has 0 unspecified atom stereocenters. The molecule has 1 N–H and O–H groups in total. The minimum atomic E-state index is -0.404. The summed E-state index contributed by atoms with van der Waals surface area (Å²) in [6.07, 6.45) is 0. The smallest absolute Gasteiger partial charge is 0.264 e. The number of nitrogens with zero attached hydrogens (tertiary/aromatic N) is 2. The number of hydrogen-bond donors (Lipinski definition) is 1. The van der Waals surface area contributed by atoms with Crippen LogP contribution in [0.2, 0.25) is 0 Å². The molecule has 0 saturated heterocycles. The highest BCUT2D eigenvalue weighted by Gasteiger charge is 2.08. The van der Waals surface area contributed by atoms with Crippen molar-refractivity contribution < 1.29 is 13.7 Å². The molecule has 0 fully saturated rings. The van der Waals surface area contributed by atoms with Gasteiger partial charge in [0.1, 0.15) is 0 Å². The first kappa shape index (κ1) is 12.5. The normalized spacial score (nSPS) is 10.6. The summed E-state index contributed by atoms with van der Waals surface area (Å²) in [6, 6.07) is 4.82. The number of nitrogens with one attached hydrogen (secondary N) is 1. The third-order valence-electron chi connectivity index (χ3n) is 2.30. The molecular formula is C12H14FN3O2. The van der Waals surface area contributed by atoms with Crippen LogP contribution in [0.3, 0.4) is 0 Å². The highest BCUT2D eigenvalue weighted by atomic mass is 19.1. The third-order valence-corrected chi connectivity index (χ3v) is 2.30. The lowest BCUT2D eigenvalue weighted by molar-refractivity contribution is 0.234. The number of aryl methyl sites for hydroxylation is 1. The fraction of sp³-hybridized carbons (Fsp3) is 0.333. The van der Waals surface area contributed by atoms with Gasteiger partial charge in [-0.25, -0.2) is 4.39 Å². The van der Waals surface area contributed by atoms with Gasteiger partial charge in [0, 0.05) is 6.54 Å². The Kier molecular flexibility index (Phi) is 3.88. The van der Waals surface area contributed by atoms with Crippen LogP contribution in [-0.4, -0.2) is 17.2 Å². The van der Waals surface area contributed by atoms with Crippen LogP contribution < -0.4 is 10.1 Å². The summed E-state index contributed by atoms with van der Waals surface area (Å²) < 4.78 is 23.8. The Balaban J connectivity index is 2.01. The van der Waals surface area contributed by atoms with E-state index >= 15 is 0 Å². The van der Waals surface area contributed by atoms with E-state index in [0.717, 1.165) is 5.56 Å². The average molecular weight is 251 g/mol. The standard InChI is InChI=1S/C12H14FN3O2/c1-8-15-12(18-16-8)7-17-11-4-3-9(6-14-2)5-10(11)13/h3-5,14H,6-7H2,1-2H3. The van der Waals surface area contributed by atoms with Gasteiger partial charge in [0.05, 0.1) is 0 Å². The van der Waals surface area contributed by atoms with Gasteiger partial charge in [-0.15, -0.1) is 0 Å². The number of halogens is 1. The Hall–Kier alpha value is -1.95. The predicted octanol–water partition coefficient (Wildman–Crippen LogP) is 1.82. The highest BCUT2D eigenvalue weighted by Crippen LogP contribution is 2.19. The minimum Gasteiger partial charge on any atom is -0.481 e. The molecule has 0 saturated carbocycles. The SMILES string of the molecule is CNCc1ccc(OCc2nc(C)no2)c(F)c1. The van der Waals surface area contributed by atoms with Crippen LogP contribution in [0.4, 0.5) is 4.39 Å². The van der Waals surface area contributed by atoms with E-state index in [-0.39, 0.29) is 12.4 Å². The van der Waals surface area contributed by atoms with Gasteiger partial charge < -0.3 is 14.6 Å². The molecular weight excluding hydrogens is 237 g/mol. The van der Waals surface area contributed by atoms with Gasteiger partial charge in [-0.2, -0.15) is 4.98 Å².